The zero-order valence-corrected chi connectivity index (χ0v) is 12.5. The zero-order valence-electron chi connectivity index (χ0n) is 12.5. The van der Waals surface area contributed by atoms with E-state index in [9.17, 15) is 4.79 Å². The summed E-state index contributed by atoms with van der Waals surface area (Å²) in [6.07, 6.45) is 15.4. The van der Waals surface area contributed by atoms with Crippen LogP contribution in [0.3, 0.4) is 0 Å². The topological polar surface area (TPSA) is 44.8 Å². The number of hydrogen-bond donors (Lipinski definition) is 0. The van der Waals surface area contributed by atoms with E-state index in [0.29, 0.717) is 19.0 Å². The first-order chi connectivity index (χ1) is 10.8. The van der Waals surface area contributed by atoms with Gasteiger partial charge >= 0.3 is 5.97 Å². The molecular formula is C18H18O4. The number of allylic oxidation sites excluding steroid dienone is 5. The van der Waals surface area contributed by atoms with Gasteiger partial charge in [0.2, 0.25) is 0 Å². The molecule has 1 aliphatic carbocycles. The standard InChI is InChI=1S/C18H18O4/c1-20-16-9-7-13-6-8-15-17(16)14(12-22-18(15)19)5-3-2-4-10-21-11-13/h2-9,15H,10-12H2,1H3/b4-2-,5-3-,8-6?,13-7+,16-9+. The van der Waals surface area contributed by atoms with E-state index < -0.39 is 5.92 Å². The molecule has 0 amide bonds. The van der Waals surface area contributed by atoms with Crippen LogP contribution in [-0.4, -0.2) is 32.9 Å². The van der Waals surface area contributed by atoms with E-state index >= 15 is 0 Å². The SMILES string of the molecule is CO/C1=C/C=C2\C=CC3C(=O)OCC(=C13)/C=C\C=C/COC2. The first kappa shape index (κ1) is 14.6. The van der Waals surface area contributed by atoms with E-state index in [2.05, 4.69) is 0 Å². The third-order valence-corrected chi connectivity index (χ3v) is 3.75. The van der Waals surface area contributed by atoms with E-state index in [1.165, 1.54) is 0 Å². The zero-order chi connectivity index (χ0) is 15.4. The molecule has 4 aliphatic rings. The van der Waals surface area contributed by atoms with Crippen molar-refractivity contribution in [2.24, 2.45) is 5.92 Å². The molecule has 22 heavy (non-hydrogen) atoms. The predicted octanol–water partition coefficient (Wildman–Crippen LogP) is 2.63. The van der Waals surface area contributed by atoms with Crippen LogP contribution >= 0.6 is 0 Å². The Labute approximate surface area is 129 Å². The van der Waals surface area contributed by atoms with Crippen LogP contribution in [-0.2, 0) is 19.0 Å². The Morgan fingerprint density at radius 2 is 2.09 bits per heavy atom. The summed E-state index contributed by atoms with van der Waals surface area (Å²) in [7, 11) is 1.62. The second kappa shape index (κ2) is 6.62. The lowest BCUT2D eigenvalue weighted by Crippen LogP contribution is -2.27. The molecule has 0 saturated carbocycles. The van der Waals surface area contributed by atoms with Crippen LogP contribution in [0.5, 0.6) is 0 Å². The number of esters is 1. The number of carbonyl (C=O) groups is 1. The fourth-order valence-electron chi connectivity index (χ4n) is 2.63. The van der Waals surface area contributed by atoms with Gasteiger partial charge in [-0.2, -0.15) is 0 Å². The van der Waals surface area contributed by atoms with Crippen molar-refractivity contribution in [3.05, 3.63) is 71.1 Å². The fraction of sp³-hybridized carbons (Fsp3) is 0.278. The van der Waals surface area contributed by atoms with Crippen molar-refractivity contribution in [1.82, 2.24) is 0 Å². The minimum atomic E-state index is -0.451. The summed E-state index contributed by atoms with van der Waals surface area (Å²) in [6, 6.07) is 0. The van der Waals surface area contributed by atoms with Crippen molar-refractivity contribution in [3.8, 4) is 0 Å². The summed E-state index contributed by atoms with van der Waals surface area (Å²) in [5.41, 5.74) is 2.80. The molecule has 0 aromatic heterocycles. The molecule has 0 radical (unpaired) electrons. The third kappa shape index (κ3) is 2.97. The molecule has 3 heterocycles. The number of cyclic esters (lactones) is 1. The molecular weight excluding hydrogens is 280 g/mol. The van der Waals surface area contributed by atoms with E-state index in [0.717, 1.165) is 16.7 Å². The highest BCUT2D eigenvalue weighted by Gasteiger charge is 2.32. The Hall–Kier alpha value is -2.33. The molecule has 1 atom stereocenters. The normalized spacial score (nSPS) is 32.2. The van der Waals surface area contributed by atoms with Gasteiger partial charge in [-0.1, -0.05) is 42.5 Å². The molecule has 0 aromatic rings. The van der Waals surface area contributed by atoms with Gasteiger partial charge in [-0.3, -0.25) is 4.79 Å². The Bertz CT molecular complexity index is 644. The van der Waals surface area contributed by atoms with Gasteiger partial charge in [0.1, 0.15) is 18.3 Å². The Morgan fingerprint density at radius 3 is 2.95 bits per heavy atom. The summed E-state index contributed by atoms with van der Waals surface area (Å²) in [6.45, 7) is 1.28. The lowest BCUT2D eigenvalue weighted by Gasteiger charge is -2.26. The van der Waals surface area contributed by atoms with Gasteiger partial charge in [-0.25, -0.2) is 0 Å². The van der Waals surface area contributed by atoms with Crippen molar-refractivity contribution in [1.29, 1.82) is 0 Å². The van der Waals surface area contributed by atoms with E-state index in [1.54, 1.807) is 7.11 Å². The number of methoxy groups -OCH3 is 1. The first-order valence-electron chi connectivity index (χ1n) is 7.23. The number of fused-ring (bicyclic) bond motifs is 5. The molecule has 0 spiro atoms. The summed E-state index contributed by atoms with van der Waals surface area (Å²) in [5.74, 6) is -0.0154. The van der Waals surface area contributed by atoms with Crippen molar-refractivity contribution < 1.29 is 19.0 Å². The average Bonchev–Trinajstić information content (AvgIpc) is 2.53. The minimum Gasteiger partial charge on any atom is -0.496 e. The molecule has 4 bridgehead atoms. The molecule has 0 N–H and O–H groups in total. The molecule has 4 heteroatoms. The number of ether oxygens (including phenoxy) is 3. The molecule has 114 valence electrons. The van der Waals surface area contributed by atoms with Gasteiger partial charge in [0.05, 0.1) is 20.3 Å². The van der Waals surface area contributed by atoms with Crippen molar-refractivity contribution >= 4 is 5.97 Å². The average molecular weight is 298 g/mol. The maximum absolute atomic E-state index is 12.2. The number of rotatable bonds is 1. The van der Waals surface area contributed by atoms with E-state index in [4.69, 9.17) is 14.2 Å². The van der Waals surface area contributed by atoms with Gasteiger partial charge < -0.3 is 14.2 Å². The Morgan fingerprint density at radius 1 is 1.18 bits per heavy atom. The van der Waals surface area contributed by atoms with Crippen LogP contribution in [0.1, 0.15) is 0 Å². The summed E-state index contributed by atoms with van der Waals surface area (Å²) in [5, 5.41) is 0. The number of carbonyl (C=O) groups excluding carboxylic acids is 1. The van der Waals surface area contributed by atoms with Crippen LogP contribution in [0.4, 0.5) is 0 Å². The highest BCUT2D eigenvalue weighted by Crippen LogP contribution is 2.33. The van der Waals surface area contributed by atoms with Crippen LogP contribution in [0.2, 0.25) is 0 Å². The molecule has 3 aliphatic heterocycles. The molecule has 1 unspecified atom stereocenters. The highest BCUT2D eigenvalue weighted by atomic mass is 16.5. The van der Waals surface area contributed by atoms with Gasteiger partial charge in [0.25, 0.3) is 0 Å². The van der Waals surface area contributed by atoms with Gasteiger partial charge in [0, 0.05) is 5.57 Å². The largest absolute Gasteiger partial charge is 0.496 e. The maximum atomic E-state index is 12.2. The second-order valence-corrected chi connectivity index (χ2v) is 5.16. The first-order valence-corrected chi connectivity index (χ1v) is 7.23. The maximum Gasteiger partial charge on any atom is 0.317 e. The van der Waals surface area contributed by atoms with Crippen molar-refractivity contribution in [2.45, 2.75) is 0 Å². The summed E-state index contributed by atoms with van der Waals surface area (Å²) < 4.78 is 16.4. The second-order valence-electron chi connectivity index (χ2n) is 5.16. The smallest absolute Gasteiger partial charge is 0.317 e. The third-order valence-electron chi connectivity index (χ3n) is 3.75. The molecule has 4 nitrogen and oxygen atoms in total. The quantitative estimate of drug-likeness (QED) is 0.698. The minimum absolute atomic E-state index is 0.251. The number of hydrogen-bond acceptors (Lipinski definition) is 4. The lowest BCUT2D eigenvalue weighted by molar-refractivity contribution is -0.145. The Kier molecular flexibility index (Phi) is 4.39. The van der Waals surface area contributed by atoms with E-state index in [1.807, 2.05) is 48.6 Å². The van der Waals surface area contributed by atoms with Gasteiger partial charge in [0.15, 0.2) is 0 Å². The van der Waals surface area contributed by atoms with Gasteiger partial charge in [-0.15, -0.1) is 0 Å². The summed E-state index contributed by atoms with van der Waals surface area (Å²) >= 11 is 0. The molecule has 0 aromatic carbocycles. The fourth-order valence-corrected chi connectivity index (χ4v) is 2.63. The van der Waals surface area contributed by atoms with Crippen LogP contribution in [0.15, 0.2) is 71.1 Å². The van der Waals surface area contributed by atoms with E-state index in [-0.39, 0.29) is 12.6 Å². The Balaban J connectivity index is 2.18. The summed E-state index contributed by atoms with van der Waals surface area (Å²) in [4.78, 5) is 12.2. The van der Waals surface area contributed by atoms with Gasteiger partial charge in [-0.05, 0) is 17.2 Å². The van der Waals surface area contributed by atoms with Crippen molar-refractivity contribution in [2.75, 3.05) is 26.9 Å². The van der Waals surface area contributed by atoms with Crippen molar-refractivity contribution in [3.63, 3.8) is 0 Å². The van der Waals surface area contributed by atoms with Crippen LogP contribution in [0.25, 0.3) is 0 Å². The molecule has 4 rings (SSSR count). The lowest BCUT2D eigenvalue weighted by atomic mass is 9.88. The van der Waals surface area contributed by atoms with Crippen LogP contribution < -0.4 is 0 Å². The molecule has 0 saturated heterocycles. The van der Waals surface area contributed by atoms with Crippen LogP contribution in [0, 0.1) is 5.92 Å². The highest BCUT2D eigenvalue weighted by molar-refractivity contribution is 5.82. The molecule has 0 fully saturated rings. The predicted molar refractivity (Wildman–Crippen MR) is 82.9 cm³/mol. The monoisotopic (exact) mass is 298 g/mol.